The molecule has 4 N–H and O–H groups in total. The normalized spacial score (nSPS) is 11.5. The average molecular weight is 480 g/mol. The molecule has 0 fully saturated rings. The first-order chi connectivity index (χ1) is 16.2. The Balaban J connectivity index is 1.62. The van der Waals surface area contributed by atoms with Crippen LogP contribution in [0.5, 0.6) is 0 Å². The zero-order chi connectivity index (χ0) is 24.5. The molecule has 0 atom stereocenters. The quantitative estimate of drug-likeness (QED) is 0.342. The predicted molar refractivity (Wildman–Crippen MR) is 128 cm³/mol. The summed E-state index contributed by atoms with van der Waals surface area (Å²) in [6.45, 7) is 3.44. The largest absolute Gasteiger partial charge is 0.394 e. The van der Waals surface area contributed by atoms with Crippen LogP contribution in [0.2, 0.25) is 5.02 Å². The number of rotatable bonds is 7. The summed E-state index contributed by atoms with van der Waals surface area (Å²) in [7, 11) is 0. The summed E-state index contributed by atoms with van der Waals surface area (Å²) in [4.78, 5) is 42.3. The summed E-state index contributed by atoms with van der Waals surface area (Å²) in [5, 5.41) is 13.5. The third-order valence-electron chi connectivity index (χ3n) is 5.26. The third kappa shape index (κ3) is 4.73. The molecule has 0 aliphatic heterocycles. The van der Waals surface area contributed by atoms with Crippen molar-refractivity contribution in [3.05, 3.63) is 71.0 Å². The van der Waals surface area contributed by atoms with Crippen LogP contribution in [-0.4, -0.2) is 47.9 Å². The van der Waals surface area contributed by atoms with Gasteiger partial charge in [0.15, 0.2) is 5.78 Å². The molecule has 0 saturated heterocycles. The van der Waals surface area contributed by atoms with Gasteiger partial charge in [-0.2, -0.15) is 4.98 Å². The van der Waals surface area contributed by atoms with Crippen molar-refractivity contribution in [2.75, 3.05) is 17.7 Å². The van der Waals surface area contributed by atoms with Gasteiger partial charge < -0.3 is 20.7 Å². The van der Waals surface area contributed by atoms with Crippen molar-refractivity contribution in [2.24, 2.45) is 0 Å². The number of nitrogens with two attached hydrogens (primary N) is 1. The highest BCUT2D eigenvalue weighted by Gasteiger charge is 2.26. The van der Waals surface area contributed by atoms with E-state index < -0.39 is 5.54 Å². The van der Waals surface area contributed by atoms with Crippen molar-refractivity contribution in [3.63, 3.8) is 0 Å². The van der Waals surface area contributed by atoms with E-state index in [0.717, 1.165) is 0 Å². The van der Waals surface area contributed by atoms with Gasteiger partial charge in [0.2, 0.25) is 11.9 Å². The molecule has 10 nitrogen and oxygen atoms in total. The summed E-state index contributed by atoms with van der Waals surface area (Å²) >= 11 is 5.82. The third-order valence-corrected chi connectivity index (χ3v) is 5.49. The molecule has 1 amide bonds. The number of hydrogen-bond acceptors (Lipinski definition) is 8. The van der Waals surface area contributed by atoms with Crippen molar-refractivity contribution in [1.29, 1.82) is 0 Å². The van der Waals surface area contributed by atoms with Crippen LogP contribution < -0.4 is 11.1 Å². The first kappa shape index (κ1) is 23.3. The van der Waals surface area contributed by atoms with Crippen LogP contribution in [0.1, 0.15) is 35.5 Å². The molecule has 0 bridgehead atoms. The van der Waals surface area contributed by atoms with Crippen LogP contribution in [0, 0.1) is 0 Å². The molecule has 4 rings (SSSR count). The van der Waals surface area contributed by atoms with E-state index in [1.807, 2.05) is 13.8 Å². The SMILES string of the molecule is CC(C)(CO)n1cc(C(=O)c2cncc(NC(=O)Cc3ccc(Cl)cn3)c2)c2cnc(N)nc21. The zero-order valence-corrected chi connectivity index (χ0v) is 19.2. The van der Waals surface area contributed by atoms with Crippen molar-refractivity contribution in [1.82, 2.24) is 24.5 Å². The Morgan fingerprint density at radius 1 is 1.18 bits per heavy atom. The molecule has 4 heterocycles. The van der Waals surface area contributed by atoms with Crippen LogP contribution in [-0.2, 0) is 16.8 Å². The summed E-state index contributed by atoms with van der Waals surface area (Å²) in [6.07, 6.45) is 7.47. The van der Waals surface area contributed by atoms with Gasteiger partial charge in [-0.3, -0.25) is 19.6 Å². The van der Waals surface area contributed by atoms with Gasteiger partial charge in [-0.05, 0) is 32.0 Å². The second-order valence-electron chi connectivity index (χ2n) is 8.33. The number of pyridine rings is 2. The first-order valence-corrected chi connectivity index (χ1v) is 10.7. The van der Waals surface area contributed by atoms with Crippen LogP contribution in [0.4, 0.5) is 11.6 Å². The van der Waals surface area contributed by atoms with Gasteiger partial charge >= 0.3 is 0 Å². The van der Waals surface area contributed by atoms with Gasteiger partial charge in [0.05, 0.1) is 41.0 Å². The van der Waals surface area contributed by atoms with Crippen LogP contribution in [0.15, 0.2) is 49.2 Å². The number of aliphatic hydroxyl groups is 1. The molecule has 0 aliphatic rings. The van der Waals surface area contributed by atoms with Gasteiger partial charge in [-0.25, -0.2) is 4.98 Å². The highest BCUT2D eigenvalue weighted by Crippen LogP contribution is 2.28. The maximum Gasteiger partial charge on any atom is 0.230 e. The van der Waals surface area contributed by atoms with E-state index in [1.54, 1.807) is 29.0 Å². The molecule has 0 unspecified atom stereocenters. The van der Waals surface area contributed by atoms with Gasteiger partial charge in [-0.15, -0.1) is 0 Å². The maximum atomic E-state index is 13.4. The molecular weight excluding hydrogens is 458 g/mol. The molecule has 0 saturated carbocycles. The lowest BCUT2D eigenvalue weighted by atomic mass is 10.1. The lowest BCUT2D eigenvalue weighted by Gasteiger charge is -2.24. The molecule has 34 heavy (non-hydrogen) atoms. The van der Waals surface area contributed by atoms with Gasteiger partial charge in [-0.1, -0.05) is 11.6 Å². The summed E-state index contributed by atoms with van der Waals surface area (Å²) in [5.41, 5.74) is 6.97. The second kappa shape index (κ2) is 9.16. The van der Waals surface area contributed by atoms with Crippen LogP contribution in [0.25, 0.3) is 11.0 Å². The number of aromatic nitrogens is 5. The number of ketones is 1. The lowest BCUT2D eigenvalue weighted by Crippen LogP contribution is -2.30. The molecule has 0 spiro atoms. The fourth-order valence-corrected chi connectivity index (χ4v) is 3.52. The Labute approximate surface area is 199 Å². The Morgan fingerprint density at radius 3 is 2.68 bits per heavy atom. The minimum absolute atomic E-state index is 0.0395. The van der Waals surface area contributed by atoms with E-state index in [4.69, 9.17) is 17.3 Å². The minimum Gasteiger partial charge on any atom is -0.394 e. The Bertz CT molecular complexity index is 1380. The number of carbonyl (C=O) groups is 2. The van der Waals surface area contributed by atoms with E-state index in [-0.39, 0.29) is 36.2 Å². The molecule has 0 radical (unpaired) electrons. The molecule has 0 aromatic carbocycles. The van der Waals surface area contributed by atoms with E-state index in [9.17, 15) is 14.7 Å². The molecule has 11 heteroatoms. The maximum absolute atomic E-state index is 13.4. The summed E-state index contributed by atoms with van der Waals surface area (Å²) in [6, 6.07) is 4.86. The summed E-state index contributed by atoms with van der Waals surface area (Å²) < 4.78 is 1.70. The van der Waals surface area contributed by atoms with Gasteiger partial charge in [0.25, 0.3) is 0 Å². The predicted octanol–water partition coefficient (Wildman–Crippen LogP) is 2.60. The number of hydrogen-bond donors (Lipinski definition) is 3. The molecule has 174 valence electrons. The van der Waals surface area contributed by atoms with E-state index in [2.05, 4.69) is 25.3 Å². The molecule has 4 aromatic heterocycles. The smallest absolute Gasteiger partial charge is 0.230 e. The van der Waals surface area contributed by atoms with E-state index >= 15 is 0 Å². The summed E-state index contributed by atoms with van der Waals surface area (Å²) in [5.74, 6) is -0.596. The number of amides is 1. The van der Waals surface area contributed by atoms with E-state index in [0.29, 0.717) is 33.0 Å². The zero-order valence-electron chi connectivity index (χ0n) is 18.5. The number of fused-ring (bicyclic) bond motifs is 1. The minimum atomic E-state index is -0.735. The number of nitrogens with one attached hydrogen (secondary N) is 1. The fourth-order valence-electron chi connectivity index (χ4n) is 3.41. The first-order valence-electron chi connectivity index (χ1n) is 10.3. The average Bonchev–Trinajstić information content (AvgIpc) is 3.19. The topological polar surface area (TPSA) is 149 Å². The molecular formula is C23H22ClN7O3. The van der Waals surface area contributed by atoms with Crippen molar-refractivity contribution >= 4 is 46.0 Å². The van der Waals surface area contributed by atoms with Crippen LogP contribution >= 0.6 is 11.6 Å². The van der Waals surface area contributed by atoms with Gasteiger partial charge in [0.1, 0.15) is 5.65 Å². The Hall–Kier alpha value is -3.89. The van der Waals surface area contributed by atoms with E-state index in [1.165, 1.54) is 24.8 Å². The highest BCUT2D eigenvalue weighted by atomic mass is 35.5. The Kier molecular flexibility index (Phi) is 6.27. The lowest BCUT2D eigenvalue weighted by molar-refractivity contribution is -0.115. The highest BCUT2D eigenvalue weighted by molar-refractivity contribution is 6.30. The van der Waals surface area contributed by atoms with Crippen molar-refractivity contribution < 1.29 is 14.7 Å². The number of carbonyl (C=O) groups excluding carboxylic acids is 2. The number of anilines is 2. The van der Waals surface area contributed by atoms with Crippen LogP contribution in [0.3, 0.4) is 0 Å². The van der Waals surface area contributed by atoms with Crippen molar-refractivity contribution in [3.8, 4) is 0 Å². The molecule has 0 aliphatic carbocycles. The number of halogens is 1. The molecule has 4 aromatic rings. The van der Waals surface area contributed by atoms with Gasteiger partial charge in [0, 0.05) is 41.4 Å². The fraction of sp³-hybridized carbons (Fsp3) is 0.217. The van der Waals surface area contributed by atoms with Crippen molar-refractivity contribution in [2.45, 2.75) is 25.8 Å². The number of aliphatic hydroxyl groups excluding tert-OH is 1. The standard InChI is InChI=1S/C23H22ClN7O3/c1-23(2,12-32)31-11-18(17-10-28-22(25)30-21(17)31)20(34)13-5-16(9-26-7-13)29-19(33)6-15-4-3-14(24)8-27-15/h3-5,7-11,32H,6,12H2,1-2H3,(H,29,33)(H2,25,28,30). The number of nitrogens with zero attached hydrogens (tertiary/aromatic N) is 5. The Morgan fingerprint density at radius 2 is 1.97 bits per heavy atom. The second-order valence-corrected chi connectivity index (χ2v) is 8.77. The monoisotopic (exact) mass is 479 g/mol. The number of nitrogen functional groups attached to an aromatic ring is 1.